The number of carbonyl (C=O) groups is 1. The van der Waals surface area contributed by atoms with Gasteiger partial charge in [-0.3, -0.25) is 4.79 Å². The number of aryl methyl sites for hydroxylation is 1. The largest absolute Gasteiger partial charge is 0.463 e. The van der Waals surface area contributed by atoms with Crippen LogP contribution in [0.25, 0.3) is 17.1 Å². The van der Waals surface area contributed by atoms with E-state index in [0.29, 0.717) is 17.1 Å². The van der Waals surface area contributed by atoms with Crippen molar-refractivity contribution in [3.63, 3.8) is 0 Å². The fraction of sp³-hybridized carbons (Fsp3) is 0.259. The van der Waals surface area contributed by atoms with Gasteiger partial charge >= 0.3 is 0 Å². The third kappa shape index (κ3) is 4.47. The second-order valence-electron chi connectivity index (χ2n) is 8.51. The Balaban J connectivity index is 1.39. The van der Waals surface area contributed by atoms with Gasteiger partial charge in [0.05, 0.1) is 12.0 Å². The summed E-state index contributed by atoms with van der Waals surface area (Å²) in [4.78, 5) is 18.3. The molecule has 0 aliphatic carbocycles. The maximum Gasteiger partial charge on any atom is 0.274 e. The molecule has 1 aliphatic rings. The smallest absolute Gasteiger partial charge is 0.274 e. The molecule has 1 amide bonds. The van der Waals surface area contributed by atoms with Crippen molar-refractivity contribution in [2.24, 2.45) is 0 Å². The number of aromatic nitrogens is 2. The average molecular weight is 456 g/mol. The minimum Gasteiger partial charge on any atom is -0.463 e. The number of para-hydroxylation sites is 1. The molecule has 3 heterocycles. The molecule has 1 aliphatic heterocycles. The van der Waals surface area contributed by atoms with Crippen LogP contribution >= 0.6 is 0 Å². The number of nitrogens with one attached hydrogen (secondary N) is 1. The van der Waals surface area contributed by atoms with Crippen LogP contribution in [-0.4, -0.2) is 53.3 Å². The Labute approximate surface area is 199 Å². The zero-order valence-corrected chi connectivity index (χ0v) is 19.6. The first-order valence-corrected chi connectivity index (χ1v) is 11.7. The van der Waals surface area contributed by atoms with Gasteiger partial charge in [0.1, 0.15) is 11.4 Å². The number of carbonyl (C=O) groups excluding carboxylic acids is 1. The van der Waals surface area contributed by atoms with Crippen LogP contribution in [0.2, 0.25) is 0 Å². The van der Waals surface area contributed by atoms with E-state index in [2.05, 4.69) is 39.3 Å². The first-order chi connectivity index (χ1) is 16.6. The molecule has 1 N–H and O–H groups in total. The SMILES string of the molecule is CCN1CCN(c2ccc(NC(=O)c3cc(-c4ccco4)nn3-c3ccccc3)c(C)c2)CC1. The third-order valence-electron chi connectivity index (χ3n) is 6.36. The number of likely N-dealkylation sites (N-methyl/N-ethyl adjacent to an activating group) is 1. The number of furan rings is 1. The summed E-state index contributed by atoms with van der Waals surface area (Å²) in [6, 6.07) is 21.3. The molecule has 2 aromatic heterocycles. The Kier molecular flexibility index (Phi) is 6.18. The van der Waals surface area contributed by atoms with Crippen LogP contribution in [0.3, 0.4) is 0 Å². The average Bonchev–Trinajstić information content (AvgIpc) is 3.56. The lowest BCUT2D eigenvalue weighted by Gasteiger charge is -2.35. The Morgan fingerprint density at radius 3 is 2.44 bits per heavy atom. The van der Waals surface area contributed by atoms with Crippen molar-refractivity contribution in [1.82, 2.24) is 14.7 Å². The number of benzene rings is 2. The predicted octanol–water partition coefficient (Wildman–Crippen LogP) is 4.83. The van der Waals surface area contributed by atoms with Crippen LogP contribution in [0, 0.1) is 6.92 Å². The highest BCUT2D eigenvalue weighted by molar-refractivity contribution is 6.04. The standard InChI is InChI=1S/C27H29N5O2/c1-3-30-13-15-31(16-14-30)22-11-12-23(20(2)18-22)28-27(33)25-19-24(26-10-7-17-34-26)29-32(25)21-8-5-4-6-9-21/h4-12,17-19H,3,13-16H2,1-2H3,(H,28,33). The Bertz CT molecular complexity index is 1260. The summed E-state index contributed by atoms with van der Waals surface area (Å²) < 4.78 is 7.17. The van der Waals surface area contributed by atoms with E-state index in [1.807, 2.05) is 55.5 Å². The predicted molar refractivity (Wildman–Crippen MR) is 135 cm³/mol. The number of amides is 1. The number of anilines is 2. The zero-order valence-electron chi connectivity index (χ0n) is 19.6. The molecule has 1 saturated heterocycles. The number of piperazine rings is 1. The second kappa shape index (κ2) is 9.57. The molecule has 1 fully saturated rings. The van der Waals surface area contributed by atoms with Crippen molar-refractivity contribution in [3.05, 3.63) is 84.3 Å². The molecule has 4 aromatic rings. The molecule has 7 nitrogen and oxygen atoms in total. The summed E-state index contributed by atoms with van der Waals surface area (Å²) in [6.45, 7) is 9.53. The topological polar surface area (TPSA) is 66.5 Å². The minimum absolute atomic E-state index is 0.221. The molecule has 7 heteroatoms. The molecule has 2 aromatic carbocycles. The quantitative estimate of drug-likeness (QED) is 0.451. The van der Waals surface area contributed by atoms with E-state index in [0.717, 1.165) is 49.7 Å². The van der Waals surface area contributed by atoms with Gasteiger partial charge in [0.25, 0.3) is 5.91 Å². The van der Waals surface area contributed by atoms with Gasteiger partial charge < -0.3 is 19.5 Å². The normalized spacial score (nSPS) is 14.4. The van der Waals surface area contributed by atoms with Crippen molar-refractivity contribution in [2.75, 3.05) is 42.9 Å². The summed E-state index contributed by atoms with van der Waals surface area (Å²) in [5, 5.41) is 7.73. The lowest BCUT2D eigenvalue weighted by atomic mass is 10.1. The highest BCUT2D eigenvalue weighted by Crippen LogP contribution is 2.26. The van der Waals surface area contributed by atoms with Crippen LogP contribution in [0.5, 0.6) is 0 Å². The van der Waals surface area contributed by atoms with E-state index in [-0.39, 0.29) is 5.91 Å². The molecule has 34 heavy (non-hydrogen) atoms. The first-order valence-electron chi connectivity index (χ1n) is 11.7. The van der Waals surface area contributed by atoms with Crippen LogP contribution in [0.1, 0.15) is 23.0 Å². The molecular weight excluding hydrogens is 426 g/mol. The summed E-state index contributed by atoms with van der Waals surface area (Å²) in [5.74, 6) is 0.397. The van der Waals surface area contributed by atoms with E-state index in [9.17, 15) is 4.79 Å². The van der Waals surface area contributed by atoms with Gasteiger partial charge in [0, 0.05) is 43.6 Å². The van der Waals surface area contributed by atoms with E-state index in [1.165, 1.54) is 5.69 Å². The number of hydrogen-bond donors (Lipinski definition) is 1. The monoisotopic (exact) mass is 455 g/mol. The van der Waals surface area contributed by atoms with Gasteiger partial charge in [-0.25, -0.2) is 4.68 Å². The lowest BCUT2D eigenvalue weighted by Crippen LogP contribution is -2.46. The van der Waals surface area contributed by atoms with E-state index >= 15 is 0 Å². The summed E-state index contributed by atoms with van der Waals surface area (Å²) in [6.07, 6.45) is 1.60. The second-order valence-corrected chi connectivity index (χ2v) is 8.51. The molecule has 0 unspecified atom stereocenters. The molecule has 5 rings (SSSR count). The van der Waals surface area contributed by atoms with Crippen molar-refractivity contribution < 1.29 is 9.21 Å². The minimum atomic E-state index is -0.221. The van der Waals surface area contributed by atoms with Gasteiger partial charge in [-0.2, -0.15) is 5.10 Å². The highest BCUT2D eigenvalue weighted by atomic mass is 16.3. The molecule has 0 spiro atoms. The number of hydrogen-bond acceptors (Lipinski definition) is 5. The van der Waals surface area contributed by atoms with Crippen LogP contribution < -0.4 is 10.2 Å². The van der Waals surface area contributed by atoms with Gasteiger partial charge in [-0.05, 0) is 61.5 Å². The Morgan fingerprint density at radius 2 is 1.76 bits per heavy atom. The van der Waals surface area contributed by atoms with E-state index in [1.54, 1.807) is 17.0 Å². The zero-order chi connectivity index (χ0) is 23.5. The molecule has 0 saturated carbocycles. The third-order valence-corrected chi connectivity index (χ3v) is 6.36. The van der Waals surface area contributed by atoms with E-state index in [4.69, 9.17) is 4.42 Å². The van der Waals surface area contributed by atoms with Gasteiger partial charge in [0.2, 0.25) is 0 Å². The van der Waals surface area contributed by atoms with E-state index < -0.39 is 0 Å². The van der Waals surface area contributed by atoms with Gasteiger partial charge in [-0.15, -0.1) is 0 Å². The van der Waals surface area contributed by atoms with Crippen LogP contribution in [0.15, 0.2) is 77.4 Å². The molecule has 174 valence electrons. The first kappa shape index (κ1) is 22.0. The number of rotatable bonds is 6. The maximum atomic E-state index is 13.4. The summed E-state index contributed by atoms with van der Waals surface area (Å²) in [5.41, 5.74) is 4.88. The van der Waals surface area contributed by atoms with Crippen molar-refractivity contribution in [1.29, 1.82) is 0 Å². The fourth-order valence-electron chi connectivity index (χ4n) is 4.35. The molecular formula is C27H29N5O2. The van der Waals surface area contributed by atoms with Crippen molar-refractivity contribution in [3.8, 4) is 17.1 Å². The lowest BCUT2D eigenvalue weighted by molar-refractivity contribution is 0.101. The summed E-state index contributed by atoms with van der Waals surface area (Å²) >= 11 is 0. The van der Waals surface area contributed by atoms with Crippen LogP contribution in [0.4, 0.5) is 11.4 Å². The summed E-state index contributed by atoms with van der Waals surface area (Å²) in [7, 11) is 0. The van der Waals surface area contributed by atoms with Gasteiger partial charge in [0.15, 0.2) is 5.76 Å². The fourth-order valence-corrected chi connectivity index (χ4v) is 4.35. The Hall–Kier alpha value is -3.84. The van der Waals surface area contributed by atoms with Gasteiger partial charge in [-0.1, -0.05) is 25.1 Å². The van der Waals surface area contributed by atoms with Crippen LogP contribution in [-0.2, 0) is 0 Å². The molecule has 0 radical (unpaired) electrons. The molecule has 0 bridgehead atoms. The van der Waals surface area contributed by atoms with Crippen molar-refractivity contribution in [2.45, 2.75) is 13.8 Å². The maximum absolute atomic E-state index is 13.4. The number of nitrogens with zero attached hydrogens (tertiary/aromatic N) is 4. The highest BCUT2D eigenvalue weighted by Gasteiger charge is 2.20. The Morgan fingerprint density at radius 1 is 0.971 bits per heavy atom. The molecule has 0 atom stereocenters. The van der Waals surface area contributed by atoms with Crippen molar-refractivity contribution >= 4 is 17.3 Å².